The van der Waals surface area contributed by atoms with Crippen LogP contribution in [0, 0.1) is 0 Å². The number of pyridine rings is 1. The highest BCUT2D eigenvalue weighted by Gasteiger charge is 2.53. The lowest BCUT2D eigenvalue weighted by molar-refractivity contribution is -0.143. The van der Waals surface area contributed by atoms with Gasteiger partial charge in [0, 0.05) is 48.2 Å². The molecule has 4 rings (SSSR count). The second-order valence-electron chi connectivity index (χ2n) is 11.2. The largest absolute Gasteiger partial charge is 0.480 e. The second kappa shape index (κ2) is 14.0. The normalized spacial score (nSPS) is 19.3. The van der Waals surface area contributed by atoms with E-state index in [0.29, 0.717) is 11.3 Å². The van der Waals surface area contributed by atoms with Crippen molar-refractivity contribution in [2.45, 2.75) is 62.2 Å². The van der Waals surface area contributed by atoms with Crippen molar-refractivity contribution in [3.63, 3.8) is 0 Å². The fourth-order valence-corrected chi connectivity index (χ4v) is 7.89. The van der Waals surface area contributed by atoms with Crippen LogP contribution in [-0.4, -0.2) is 70.8 Å². The predicted octanol–water partition coefficient (Wildman–Crippen LogP) is 4.63. The van der Waals surface area contributed by atoms with Crippen LogP contribution in [0.15, 0.2) is 65.8 Å². The third-order valence-corrected chi connectivity index (χ3v) is 10.1. The number of benzene rings is 2. The first-order valence-electron chi connectivity index (χ1n) is 13.9. The van der Waals surface area contributed by atoms with Crippen molar-refractivity contribution in [1.29, 1.82) is 0 Å². The Hall–Kier alpha value is -3.26. The highest BCUT2D eigenvalue weighted by Crippen LogP contribution is 2.36. The molecule has 1 aromatic heterocycles. The fourth-order valence-electron chi connectivity index (χ4n) is 5.25. The number of amides is 2. The van der Waals surface area contributed by atoms with E-state index in [0.717, 1.165) is 4.31 Å². The molecule has 45 heavy (non-hydrogen) atoms. The Morgan fingerprint density at radius 3 is 2.29 bits per heavy atom. The maximum Gasteiger partial charge on any atom is 0.326 e. The number of aromatic nitrogens is 1. The summed E-state index contributed by atoms with van der Waals surface area (Å²) >= 11 is 18.2. The van der Waals surface area contributed by atoms with E-state index in [1.165, 1.54) is 37.5 Å². The highest BCUT2D eigenvalue weighted by molar-refractivity contribution is 7.89. The molecular formula is C30H32Cl3N5O6S. The number of sulfonamides is 1. The van der Waals surface area contributed by atoms with Crippen molar-refractivity contribution < 1.29 is 27.9 Å². The second-order valence-corrected chi connectivity index (χ2v) is 14.3. The molecule has 0 bridgehead atoms. The molecule has 1 saturated heterocycles. The molecule has 3 aromatic rings. The molecule has 1 aliphatic heterocycles. The summed E-state index contributed by atoms with van der Waals surface area (Å²) in [6.07, 6.45) is 2.60. The number of nitrogens with zero attached hydrogens (tertiary/aromatic N) is 2. The van der Waals surface area contributed by atoms with Crippen LogP contribution in [0.2, 0.25) is 15.1 Å². The molecule has 3 atom stereocenters. The van der Waals surface area contributed by atoms with Crippen LogP contribution >= 0.6 is 34.8 Å². The van der Waals surface area contributed by atoms with Crippen molar-refractivity contribution in [3.05, 3.63) is 87.1 Å². The Labute approximate surface area is 276 Å². The SMILES string of the molecule is CC(C)N[C@H]1CN(S(=O)(=O)c2cccc(Cl)c2)C(C)(C(=O)N[C@@H](Cc2ccc(NC(=O)c3c(Cl)cncc3Cl)cc2)C(=O)O)C1. The smallest absolute Gasteiger partial charge is 0.326 e. The fraction of sp³-hybridized carbons (Fsp3) is 0.333. The molecule has 0 radical (unpaired) electrons. The summed E-state index contributed by atoms with van der Waals surface area (Å²) in [4.78, 5) is 42.5. The zero-order valence-electron chi connectivity index (χ0n) is 24.6. The molecule has 1 fully saturated rings. The average molecular weight is 697 g/mol. The Morgan fingerprint density at radius 2 is 1.71 bits per heavy atom. The van der Waals surface area contributed by atoms with Crippen molar-refractivity contribution in [3.8, 4) is 0 Å². The van der Waals surface area contributed by atoms with Crippen LogP contribution in [0.25, 0.3) is 0 Å². The number of hydrogen-bond acceptors (Lipinski definition) is 7. The van der Waals surface area contributed by atoms with Gasteiger partial charge < -0.3 is 21.1 Å². The van der Waals surface area contributed by atoms with E-state index in [1.54, 1.807) is 30.3 Å². The zero-order chi connectivity index (χ0) is 33.1. The van der Waals surface area contributed by atoms with Crippen molar-refractivity contribution in [2.75, 3.05) is 11.9 Å². The van der Waals surface area contributed by atoms with Gasteiger partial charge in [0.1, 0.15) is 11.6 Å². The number of hydrogen-bond donors (Lipinski definition) is 4. The number of carboxylic acid groups (broad SMARTS) is 1. The molecule has 1 unspecified atom stereocenters. The number of aliphatic carboxylic acids is 1. The molecule has 11 nitrogen and oxygen atoms in total. The molecule has 0 spiro atoms. The number of rotatable bonds is 11. The van der Waals surface area contributed by atoms with Gasteiger partial charge in [0.25, 0.3) is 5.91 Å². The Balaban J connectivity index is 1.52. The van der Waals surface area contributed by atoms with Crippen LogP contribution in [0.3, 0.4) is 0 Å². The molecule has 2 heterocycles. The first-order valence-corrected chi connectivity index (χ1v) is 16.5. The van der Waals surface area contributed by atoms with Crippen molar-refractivity contribution >= 4 is 68.3 Å². The molecule has 2 aromatic carbocycles. The Morgan fingerprint density at radius 1 is 1.07 bits per heavy atom. The van der Waals surface area contributed by atoms with Crippen LogP contribution in [0.1, 0.15) is 43.1 Å². The van der Waals surface area contributed by atoms with Crippen LogP contribution in [-0.2, 0) is 26.0 Å². The Kier molecular flexibility index (Phi) is 10.8. The van der Waals surface area contributed by atoms with E-state index < -0.39 is 39.4 Å². The number of carboxylic acids is 1. The minimum absolute atomic E-state index is 0.00220. The van der Waals surface area contributed by atoms with Crippen molar-refractivity contribution in [2.24, 2.45) is 0 Å². The summed E-state index contributed by atoms with van der Waals surface area (Å²) in [7, 11) is -4.19. The number of anilines is 1. The van der Waals surface area contributed by atoms with E-state index in [9.17, 15) is 27.9 Å². The molecule has 240 valence electrons. The molecular weight excluding hydrogens is 665 g/mol. The third kappa shape index (κ3) is 7.94. The molecule has 0 aliphatic carbocycles. The van der Waals surface area contributed by atoms with E-state index in [4.69, 9.17) is 34.8 Å². The zero-order valence-corrected chi connectivity index (χ0v) is 27.6. The average Bonchev–Trinajstić information content (AvgIpc) is 3.30. The maximum atomic E-state index is 13.8. The van der Waals surface area contributed by atoms with Gasteiger partial charge in [-0.1, -0.05) is 66.8 Å². The first-order chi connectivity index (χ1) is 21.1. The monoisotopic (exact) mass is 695 g/mol. The lowest BCUT2D eigenvalue weighted by Crippen LogP contribution is -2.58. The first kappa shape index (κ1) is 34.6. The number of halogens is 3. The minimum Gasteiger partial charge on any atom is -0.480 e. The van der Waals surface area contributed by atoms with Gasteiger partial charge in [0.2, 0.25) is 15.9 Å². The molecule has 1 aliphatic rings. The number of carbonyl (C=O) groups is 3. The third-order valence-electron chi connectivity index (χ3n) is 7.36. The van der Waals surface area contributed by atoms with Gasteiger partial charge in [-0.3, -0.25) is 14.6 Å². The Bertz CT molecular complexity index is 1690. The lowest BCUT2D eigenvalue weighted by atomic mass is 9.95. The van der Waals surface area contributed by atoms with Gasteiger partial charge >= 0.3 is 5.97 Å². The van der Waals surface area contributed by atoms with E-state index in [-0.39, 0.29) is 57.0 Å². The van der Waals surface area contributed by atoms with Crippen LogP contribution < -0.4 is 16.0 Å². The summed E-state index contributed by atoms with van der Waals surface area (Å²) in [6.45, 7) is 5.31. The van der Waals surface area contributed by atoms with Gasteiger partial charge in [0.15, 0.2) is 0 Å². The standard InChI is InChI=1S/C30H32Cl3N5O6S/c1-17(2)35-21-13-30(3,38(16-21)45(43,44)22-6-4-5-19(31)12-22)29(42)37-25(28(40)41)11-18-7-9-20(10-8-18)36-27(39)26-23(32)14-34-15-24(26)33/h4-10,12,14-15,17,21,25,35H,11,13,16H2,1-3H3,(H,36,39)(H,37,42)(H,40,41)/t21-,25+,30?/m1/s1. The minimum atomic E-state index is -4.19. The van der Waals surface area contributed by atoms with Gasteiger partial charge in [0.05, 0.1) is 20.5 Å². The van der Waals surface area contributed by atoms with E-state index >= 15 is 0 Å². The van der Waals surface area contributed by atoms with E-state index in [1.807, 2.05) is 13.8 Å². The number of nitrogens with one attached hydrogen (secondary N) is 3. The van der Waals surface area contributed by atoms with Crippen molar-refractivity contribution in [1.82, 2.24) is 19.9 Å². The summed E-state index contributed by atoms with van der Waals surface area (Å²) in [6, 6.07) is 10.4. The van der Waals surface area contributed by atoms with Gasteiger partial charge in [-0.25, -0.2) is 13.2 Å². The van der Waals surface area contributed by atoms with Gasteiger partial charge in [-0.2, -0.15) is 4.31 Å². The highest BCUT2D eigenvalue weighted by atomic mass is 35.5. The maximum absolute atomic E-state index is 13.8. The molecule has 4 N–H and O–H groups in total. The summed E-state index contributed by atoms with van der Waals surface area (Å²) < 4.78 is 28.7. The molecule has 15 heteroatoms. The summed E-state index contributed by atoms with van der Waals surface area (Å²) in [5.74, 6) is -2.60. The predicted molar refractivity (Wildman–Crippen MR) is 172 cm³/mol. The van der Waals surface area contributed by atoms with E-state index in [2.05, 4.69) is 20.9 Å². The van der Waals surface area contributed by atoms with Crippen LogP contribution in [0.5, 0.6) is 0 Å². The lowest BCUT2D eigenvalue weighted by Gasteiger charge is -2.33. The van der Waals surface area contributed by atoms with Gasteiger partial charge in [-0.15, -0.1) is 0 Å². The van der Waals surface area contributed by atoms with Crippen LogP contribution in [0.4, 0.5) is 5.69 Å². The number of carbonyl (C=O) groups excluding carboxylic acids is 2. The molecule has 2 amide bonds. The topological polar surface area (TPSA) is 158 Å². The summed E-state index contributed by atoms with van der Waals surface area (Å²) in [5.41, 5.74) is -0.609. The quantitative estimate of drug-likeness (QED) is 0.226. The summed E-state index contributed by atoms with van der Waals surface area (Å²) in [5, 5.41) is 18.9. The molecule has 0 saturated carbocycles. The van der Waals surface area contributed by atoms with Gasteiger partial charge in [-0.05, 0) is 49.2 Å².